The molecule has 3 aliphatic heterocycles. The zero-order valence-corrected chi connectivity index (χ0v) is 18.8. The van der Waals surface area contributed by atoms with Gasteiger partial charge in [0.15, 0.2) is 0 Å². The minimum atomic E-state index is -0.574. The van der Waals surface area contributed by atoms with E-state index in [0.29, 0.717) is 25.1 Å². The van der Waals surface area contributed by atoms with E-state index in [1.54, 1.807) is 4.90 Å². The first-order chi connectivity index (χ1) is 16.0. The van der Waals surface area contributed by atoms with Crippen molar-refractivity contribution in [1.29, 1.82) is 0 Å². The Hall–Kier alpha value is -3.03. The van der Waals surface area contributed by atoms with E-state index in [9.17, 15) is 14.4 Å². The third kappa shape index (κ3) is 4.07. The van der Waals surface area contributed by atoms with Gasteiger partial charge in [0.25, 0.3) is 5.91 Å². The van der Waals surface area contributed by atoms with Gasteiger partial charge in [-0.2, -0.15) is 0 Å². The van der Waals surface area contributed by atoms with Gasteiger partial charge in [0.05, 0.1) is 0 Å². The van der Waals surface area contributed by atoms with Crippen LogP contribution in [0.15, 0.2) is 48.5 Å². The molecule has 2 fully saturated rings. The number of piperidine rings is 2. The van der Waals surface area contributed by atoms with E-state index in [4.69, 9.17) is 5.73 Å². The zero-order chi connectivity index (χ0) is 23.0. The van der Waals surface area contributed by atoms with Gasteiger partial charge in [0, 0.05) is 37.0 Å². The number of nitrogens with one attached hydrogen (secondary N) is 1. The minimum Gasteiger partial charge on any atom is -0.330 e. The topological polar surface area (TPSA) is 95.7 Å². The number of nitrogens with two attached hydrogens (primary N) is 1. The second kappa shape index (κ2) is 8.72. The molecule has 1 atom stereocenters. The number of hydrogen-bond donors (Lipinski definition) is 2. The van der Waals surface area contributed by atoms with Crippen LogP contribution < -0.4 is 11.1 Å². The molecule has 3 aliphatic rings. The van der Waals surface area contributed by atoms with Gasteiger partial charge in [0.1, 0.15) is 6.04 Å². The molecule has 2 aromatic carbocycles. The van der Waals surface area contributed by atoms with Crippen LogP contribution in [0.4, 0.5) is 0 Å². The summed E-state index contributed by atoms with van der Waals surface area (Å²) in [6.45, 7) is 3.77. The Balaban J connectivity index is 1.25. The highest BCUT2D eigenvalue weighted by atomic mass is 16.2. The third-order valence-corrected chi connectivity index (χ3v) is 7.59. The quantitative estimate of drug-likeness (QED) is 0.685. The second-order valence-electron chi connectivity index (χ2n) is 9.52. The average molecular weight is 447 g/mol. The molecule has 7 nitrogen and oxygen atoms in total. The van der Waals surface area contributed by atoms with Crippen LogP contribution in [0, 0.1) is 0 Å². The number of imide groups is 1. The molecule has 0 saturated carbocycles. The molecule has 0 aromatic heterocycles. The van der Waals surface area contributed by atoms with Crippen molar-refractivity contribution in [2.45, 2.75) is 50.2 Å². The van der Waals surface area contributed by atoms with E-state index in [1.165, 1.54) is 5.56 Å². The number of rotatable bonds is 5. The third-order valence-electron chi connectivity index (χ3n) is 7.59. The molecule has 3 amide bonds. The minimum absolute atomic E-state index is 0.0358. The molecule has 3 heterocycles. The first-order valence-corrected chi connectivity index (χ1v) is 11.7. The summed E-state index contributed by atoms with van der Waals surface area (Å²) in [6.07, 6.45) is 2.68. The summed E-state index contributed by atoms with van der Waals surface area (Å²) >= 11 is 0. The summed E-state index contributed by atoms with van der Waals surface area (Å²) in [5, 5.41) is 2.35. The molecule has 0 aliphatic carbocycles. The Bertz CT molecular complexity index is 1080. The van der Waals surface area contributed by atoms with Crippen molar-refractivity contribution in [3.05, 3.63) is 70.8 Å². The maximum absolute atomic E-state index is 13.1. The van der Waals surface area contributed by atoms with Crippen molar-refractivity contribution in [2.24, 2.45) is 5.73 Å². The number of likely N-dealkylation sites (tertiary alicyclic amines) is 1. The van der Waals surface area contributed by atoms with Gasteiger partial charge < -0.3 is 10.6 Å². The van der Waals surface area contributed by atoms with E-state index in [-0.39, 0.29) is 29.6 Å². The van der Waals surface area contributed by atoms with E-state index >= 15 is 0 Å². The fraction of sp³-hybridized carbons (Fsp3) is 0.423. The highest BCUT2D eigenvalue weighted by Crippen LogP contribution is 2.35. The van der Waals surface area contributed by atoms with E-state index < -0.39 is 6.04 Å². The van der Waals surface area contributed by atoms with Crippen LogP contribution >= 0.6 is 0 Å². The molecule has 1 unspecified atom stereocenters. The number of fused-ring (bicyclic) bond motifs is 1. The van der Waals surface area contributed by atoms with Gasteiger partial charge in [-0.25, -0.2) is 0 Å². The largest absolute Gasteiger partial charge is 0.330 e. The molecule has 5 rings (SSSR count). The molecular formula is C26H30N4O3. The molecule has 172 valence electrons. The van der Waals surface area contributed by atoms with Crippen LogP contribution in [-0.2, 0) is 28.1 Å². The number of hydrogen-bond acceptors (Lipinski definition) is 5. The number of carbonyl (C=O) groups excluding carboxylic acids is 3. The molecule has 7 heteroatoms. The summed E-state index contributed by atoms with van der Waals surface area (Å²) in [5.41, 5.74) is 10.3. The number of benzene rings is 2. The van der Waals surface area contributed by atoms with Crippen molar-refractivity contribution in [2.75, 3.05) is 19.6 Å². The molecule has 3 N–H and O–H groups in total. The van der Waals surface area contributed by atoms with Crippen LogP contribution in [0.25, 0.3) is 0 Å². The molecule has 0 spiro atoms. The van der Waals surface area contributed by atoms with Gasteiger partial charge in [-0.1, -0.05) is 42.5 Å². The molecule has 0 bridgehead atoms. The van der Waals surface area contributed by atoms with Gasteiger partial charge in [-0.05, 0) is 55.1 Å². The number of nitrogens with zero attached hydrogens (tertiary/aromatic N) is 2. The SMILES string of the molecule is NCC1(c2ccccc2)CCN(Cc2ccc3c(c2)C(=O)N(C2CCC(=O)NC2=O)C3)CC1. The predicted molar refractivity (Wildman–Crippen MR) is 124 cm³/mol. The standard InChI is InChI=1S/C26H30N4O3/c27-17-26(20-4-2-1-3-5-20)10-12-29(13-11-26)15-18-6-7-19-16-30(25(33)21(19)14-18)22-8-9-23(31)28-24(22)32/h1-7,14,22H,8-13,15-17,27H2,(H,28,31,32). The van der Waals surface area contributed by atoms with Gasteiger partial charge >= 0.3 is 0 Å². The lowest BCUT2D eigenvalue weighted by Gasteiger charge is -2.41. The van der Waals surface area contributed by atoms with Crippen molar-refractivity contribution in [1.82, 2.24) is 15.1 Å². The van der Waals surface area contributed by atoms with Crippen LogP contribution in [0.1, 0.15) is 52.7 Å². The Kier molecular flexibility index (Phi) is 5.76. The van der Waals surface area contributed by atoms with Crippen LogP contribution in [0.3, 0.4) is 0 Å². The highest BCUT2D eigenvalue weighted by molar-refractivity contribution is 6.05. The molecule has 2 saturated heterocycles. The monoisotopic (exact) mass is 446 g/mol. The maximum atomic E-state index is 13.1. The zero-order valence-electron chi connectivity index (χ0n) is 18.8. The second-order valence-corrected chi connectivity index (χ2v) is 9.52. The number of carbonyl (C=O) groups is 3. The molecule has 33 heavy (non-hydrogen) atoms. The Morgan fingerprint density at radius 3 is 2.48 bits per heavy atom. The Labute approximate surface area is 193 Å². The highest BCUT2D eigenvalue weighted by Gasteiger charge is 2.39. The van der Waals surface area contributed by atoms with Crippen molar-refractivity contribution >= 4 is 17.7 Å². The predicted octanol–water partition coefficient (Wildman–Crippen LogP) is 1.94. The molecule has 0 radical (unpaired) electrons. The van der Waals surface area contributed by atoms with Crippen LogP contribution in [-0.4, -0.2) is 53.2 Å². The van der Waals surface area contributed by atoms with E-state index in [2.05, 4.69) is 40.5 Å². The molecule has 2 aromatic rings. The number of amides is 3. The summed E-state index contributed by atoms with van der Waals surface area (Å²) in [5.74, 6) is -0.760. The van der Waals surface area contributed by atoms with Gasteiger partial charge in [0.2, 0.25) is 11.8 Å². The lowest BCUT2D eigenvalue weighted by Crippen LogP contribution is -2.52. The maximum Gasteiger partial charge on any atom is 0.255 e. The fourth-order valence-corrected chi connectivity index (χ4v) is 5.50. The van der Waals surface area contributed by atoms with Crippen LogP contribution in [0.2, 0.25) is 0 Å². The van der Waals surface area contributed by atoms with Crippen molar-refractivity contribution < 1.29 is 14.4 Å². The van der Waals surface area contributed by atoms with E-state index in [0.717, 1.165) is 43.6 Å². The molecular weight excluding hydrogens is 416 g/mol. The fourth-order valence-electron chi connectivity index (χ4n) is 5.50. The van der Waals surface area contributed by atoms with Gasteiger partial charge in [-0.15, -0.1) is 0 Å². The lowest BCUT2D eigenvalue weighted by molar-refractivity contribution is -0.136. The average Bonchev–Trinajstić information content (AvgIpc) is 3.16. The van der Waals surface area contributed by atoms with Crippen LogP contribution in [0.5, 0.6) is 0 Å². The lowest BCUT2D eigenvalue weighted by atomic mass is 9.73. The smallest absolute Gasteiger partial charge is 0.255 e. The first kappa shape index (κ1) is 21.8. The van der Waals surface area contributed by atoms with E-state index in [1.807, 2.05) is 18.2 Å². The summed E-state index contributed by atoms with van der Waals surface area (Å²) in [6, 6.07) is 16.1. The Morgan fingerprint density at radius 1 is 1.03 bits per heavy atom. The van der Waals surface area contributed by atoms with Crippen molar-refractivity contribution in [3.8, 4) is 0 Å². The summed E-state index contributed by atoms with van der Waals surface area (Å²) in [4.78, 5) is 40.8. The summed E-state index contributed by atoms with van der Waals surface area (Å²) < 4.78 is 0. The first-order valence-electron chi connectivity index (χ1n) is 11.7. The van der Waals surface area contributed by atoms with Gasteiger partial charge in [-0.3, -0.25) is 24.6 Å². The normalized spacial score (nSPS) is 22.9. The Morgan fingerprint density at radius 2 is 1.79 bits per heavy atom. The van der Waals surface area contributed by atoms with Crippen molar-refractivity contribution in [3.63, 3.8) is 0 Å². The summed E-state index contributed by atoms with van der Waals surface area (Å²) in [7, 11) is 0.